The first-order valence-electron chi connectivity index (χ1n) is 8.19. The van der Waals surface area contributed by atoms with Gasteiger partial charge in [-0.15, -0.1) is 0 Å². The average molecular weight is 502 g/mol. The molecular formula is C21H14Br2N2O3. The van der Waals surface area contributed by atoms with Crippen LogP contribution >= 0.6 is 31.9 Å². The van der Waals surface area contributed by atoms with Crippen LogP contribution in [0.5, 0.6) is 5.75 Å². The van der Waals surface area contributed by atoms with Gasteiger partial charge in [0, 0.05) is 14.5 Å². The van der Waals surface area contributed by atoms with Crippen molar-refractivity contribution in [3.05, 3.63) is 98.4 Å². The number of rotatable bonds is 5. The molecule has 0 aromatic heterocycles. The van der Waals surface area contributed by atoms with Crippen molar-refractivity contribution in [1.29, 1.82) is 0 Å². The van der Waals surface area contributed by atoms with Crippen LogP contribution in [-0.2, 0) is 0 Å². The lowest BCUT2D eigenvalue weighted by Crippen LogP contribution is -2.17. The molecular weight excluding hydrogens is 488 g/mol. The highest BCUT2D eigenvalue weighted by molar-refractivity contribution is 9.10. The lowest BCUT2D eigenvalue weighted by atomic mass is 10.2. The molecule has 0 bridgehead atoms. The summed E-state index contributed by atoms with van der Waals surface area (Å²) in [5, 5.41) is 3.95. The molecule has 3 aromatic rings. The molecule has 0 saturated carbocycles. The van der Waals surface area contributed by atoms with Crippen LogP contribution in [0.15, 0.2) is 86.8 Å². The molecule has 0 spiro atoms. The molecule has 0 heterocycles. The number of halogens is 2. The smallest absolute Gasteiger partial charge is 0.344 e. The molecule has 0 aliphatic rings. The van der Waals surface area contributed by atoms with Gasteiger partial charge < -0.3 is 4.74 Å². The van der Waals surface area contributed by atoms with Crippen LogP contribution in [0.2, 0.25) is 0 Å². The third kappa shape index (κ3) is 5.37. The standard InChI is InChI=1S/C21H14Br2N2O3/c22-16-10-8-15(9-11-16)20(26)25-24-13-14-4-3-5-17(12-14)28-21(27)18-6-1-2-7-19(18)23/h1-13H,(H,25,26). The minimum Gasteiger partial charge on any atom is -0.423 e. The highest BCUT2D eigenvalue weighted by Gasteiger charge is 2.12. The maximum Gasteiger partial charge on any atom is 0.344 e. The molecule has 3 rings (SSSR count). The van der Waals surface area contributed by atoms with Gasteiger partial charge in [-0.3, -0.25) is 4.79 Å². The van der Waals surface area contributed by atoms with E-state index in [2.05, 4.69) is 42.4 Å². The Balaban J connectivity index is 1.63. The van der Waals surface area contributed by atoms with Crippen molar-refractivity contribution in [2.75, 3.05) is 0 Å². The van der Waals surface area contributed by atoms with Gasteiger partial charge in [0.15, 0.2) is 0 Å². The first-order chi connectivity index (χ1) is 13.5. The number of hydrogen-bond acceptors (Lipinski definition) is 4. The maximum atomic E-state index is 12.3. The van der Waals surface area contributed by atoms with E-state index in [1.54, 1.807) is 66.7 Å². The van der Waals surface area contributed by atoms with Crippen LogP contribution in [0.25, 0.3) is 0 Å². The Morgan fingerprint density at radius 1 is 0.929 bits per heavy atom. The number of carbonyl (C=O) groups is 2. The molecule has 0 aliphatic carbocycles. The maximum absolute atomic E-state index is 12.3. The number of esters is 1. The summed E-state index contributed by atoms with van der Waals surface area (Å²) in [7, 11) is 0. The predicted molar refractivity (Wildman–Crippen MR) is 115 cm³/mol. The fourth-order valence-corrected chi connectivity index (χ4v) is 2.99. The Hall–Kier alpha value is -2.77. The number of nitrogens with one attached hydrogen (secondary N) is 1. The van der Waals surface area contributed by atoms with E-state index in [9.17, 15) is 9.59 Å². The zero-order chi connectivity index (χ0) is 19.9. The quantitative estimate of drug-likeness (QED) is 0.226. The summed E-state index contributed by atoms with van der Waals surface area (Å²) in [6.45, 7) is 0. The van der Waals surface area contributed by atoms with Crippen LogP contribution < -0.4 is 10.2 Å². The Bertz CT molecular complexity index is 1030. The van der Waals surface area contributed by atoms with Gasteiger partial charge in [-0.1, -0.05) is 40.2 Å². The third-order valence-corrected chi connectivity index (χ3v) is 4.87. The Morgan fingerprint density at radius 2 is 1.68 bits per heavy atom. The van der Waals surface area contributed by atoms with Crippen LogP contribution in [0.4, 0.5) is 0 Å². The number of carbonyl (C=O) groups excluding carboxylic acids is 2. The van der Waals surface area contributed by atoms with E-state index >= 15 is 0 Å². The Morgan fingerprint density at radius 3 is 2.43 bits per heavy atom. The molecule has 0 atom stereocenters. The zero-order valence-corrected chi connectivity index (χ0v) is 17.6. The summed E-state index contributed by atoms with van der Waals surface area (Å²) in [6, 6.07) is 20.8. The van der Waals surface area contributed by atoms with Gasteiger partial charge in [-0.05, 0) is 70.0 Å². The van der Waals surface area contributed by atoms with Crippen molar-refractivity contribution in [1.82, 2.24) is 5.43 Å². The summed E-state index contributed by atoms with van der Waals surface area (Å²) in [5.74, 6) is -0.408. The van der Waals surface area contributed by atoms with Crippen molar-refractivity contribution < 1.29 is 14.3 Å². The number of hydrogen-bond donors (Lipinski definition) is 1. The minimum absolute atomic E-state index is 0.319. The Labute approximate surface area is 178 Å². The van der Waals surface area contributed by atoms with Gasteiger partial charge in [0.2, 0.25) is 0 Å². The molecule has 0 aliphatic heterocycles. The van der Waals surface area contributed by atoms with Crippen LogP contribution in [0.3, 0.4) is 0 Å². The molecule has 0 radical (unpaired) electrons. The molecule has 1 N–H and O–H groups in total. The zero-order valence-electron chi connectivity index (χ0n) is 14.4. The van der Waals surface area contributed by atoms with Crippen LogP contribution in [-0.4, -0.2) is 18.1 Å². The lowest BCUT2D eigenvalue weighted by Gasteiger charge is -2.06. The van der Waals surface area contributed by atoms with E-state index in [0.29, 0.717) is 26.9 Å². The predicted octanol–water partition coefficient (Wildman–Crippen LogP) is 5.19. The van der Waals surface area contributed by atoms with Crippen molar-refractivity contribution in [3.8, 4) is 5.75 Å². The number of benzene rings is 3. The molecule has 0 saturated heterocycles. The molecule has 0 fully saturated rings. The van der Waals surface area contributed by atoms with Crippen molar-refractivity contribution >= 4 is 50.0 Å². The summed E-state index contributed by atoms with van der Waals surface area (Å²) < 4.78 is 6.96. The van der Waals surface area contributed by atoms with Gasteiger partial charge in [-0.25, -0.2) is 10.2 Å². The molecule has 5 nitrogen and oxygen atoms in total. The lowest BCUT2D eigenvalue weighted by molar-refractivity contribution is 0.0733. The highest BCUT2D eigenvalue weighted by atomic mass is 79.9. The third-order valence-electron chi connectivity index (χ3n) is 3.65. The number of ether oxygens (including phenoxy) is 1. The monoisotopic (exact) mass is 500 g/mol. The van der Waals surface area contributed by atoms with Crippen molar-refractivity contribution in [3.63, 3.8) is 0 Å². The van der Waals surface area contributed by atoms with Gasteiger partial charge in [0.05, 0.1) is 11.8 Å². The fourth-order valence-electron chi connectivity index (χ4n) is 2.28. The number of nitrogens with zero attached hydrogens (tertiary/aromatic N) is 1. The molecule has 7 heteroatoms. The van der Waals surface area contributed by atoms with Gasteiger partial charge in [-0.2, -0.15) is 5.10 Å². The topological polar surface area (TPSA) is 67.8 Å². The summed E-state index contributed by atoms with van der Waals surface area (Å²) >= 11 is 6.65. The summed E-state index contributed by atoms with van der Waals surface area (Å²) in [5.41, 5.74) is 4.07. The largest absolute Gasteiger partial charge is 0.423 e. The van der Waals surface area contributed by atoms with E-state index in [-0.39, 0.29) is 5.91 Å². The second kappa shape index (κ2) is 9.43. The Kier molecular flexibility index (Phi) is 6.73. The van der Waals surface area contributed by atoms with Crippen LogP contribution in [0.1, 0.15) is 26.3 Å². The number of amides is 1. The van der Waals surface area contributed by atoms with Crippen LogP contribution in [0, 0.1) is 0 Å². The molecule has 3 aromatic carbocycles. The van der Waals surface area contributed by atoms with E-state index in [4.69, 9.17) is 4.74 Å². The minimum atomic E-state index is -0.467. The molecule has 0 unspecified atom stereocenters. The molecule has 140 valence electrons. The van der Waals surface area contributed by atoms with E-state index < -0.39 is 5.97 Å². The summed E-state index contributed by atoms with van der Waals surface area (Å²) in [6.07, 6.45) is 1.48. The fraction of sp³-hybridized carbons (Fsp3) is 0. The SMILES string of the molecule is O=C(NN=Cc1cccc(OC(=O)c2ccccc2Br)c1)c1ccc(Br)cc1. The van der Waals surface area contributed by atoms with Gasteiger partial charge in [0.25, 0.3) is 5.91 Å². The summed E-state index contributed by atoms with van der Waals surface area (Å²) in [4.78, 5) is 24.3. The second-order valence-electron chi connectivity index (χ2n) is 5.65. The highest BCUT2D eigenvalue weighted by Crippen LogP contribution is 2.19. The first kappa shape index (κ1) is 20.0. The molecule has 1 amide bonds. The van der Waals surface area contributed by atoms with Crippen molar-refractivity contribution in [2.24, 2.45) is 5.10 Å². The van der Waals surface area contributed by atoms with E-state index in [0.717, 1.165) is 4.47 Å². The van der Waals surface area contributed by atoms with E-state index in [1.165, 1.54) is 6.21 Å². The molecule has 28 heavy (non-hydrogen) atoms. The first-order valence-corrected chi connectivity index (χ1v) is 9.77. The van der Waals surface area contributed by atoms with Crippen molar-refractivity contribution in [2.45, 2.75) is 0 Å². The van der Waals surface area contributed by atoms with Gasteiger partial charge >= 0.3 is 5.97 Å². The number of hydrazone groups is 1. The average Bonchev–Trinajstić information content (AvgIpc) is 2.69. The normalized spacial score (nSPS) is 10.6. The van der Waals surface area contributed by atoms with E-state index in [1.807, 2.05) is 6.07 Å². The van der Waals surface area contributed by atoms with Gasteiger partial charge in [0.1, 0.15) is 5.75 Å². The second-order valence-corrected chi connectivity index (χ2v) is 7.42.